The van der Waals surface area contributed by atoms with Crippen LogP contribution in [-0.2, 0) is 0 Å². The Labute approximate surface area is 120 Å². The van der Waals surface area contributed by atoms with Gasteiger partial charge in [0.2, 0.25) is 5.88 Å². The van der Waals surface area contributed by atoms with Crippen molar-refractivity contribution in [3.63, 3.8) is 0 Å². The van der Waals surface area contributed by atoms with E-state index in [9.17, 15) is 9.18 Å². The van der Waals surface area contributed by atoms with E-state index in [2.05, 4.69) is 5.10 Å². The normalized spacial score (nSPS) is 10.3. The molecular weight excluding hydrogens is 271 g/mol. The fourth-order valence-electron chi connectivity index (χ4n) is 1.86. The molecule has 0 fully saturated rings. The first-order chi connectivity index (χ1) is 10.3. The number of aromatic nitrogens is 2. The molecule has 4 nitrogen and oxygen atoms in total. The summed E-state index contributed by atoms with van der Waals surface area (Å²) in [5.41, 5.74) is 0.964. The summed E-state index contributed by atoms with van der Waals surface area (Å²) in [6.07, 6.45) is 2.21. The summed E-state index contributed by atoms with van der Waals surface area (Å²) in [5.74, 6) is 0.466. The highest BCUT2D eigenvalue weighted by molar-refractivity contribution is 5.78. The summed E-state index contributed by atoms with van der Waals surface area (Å²) < 4.78 is 20.0. The van der Waals surface area contributed by atoms with Crippen LogP contribution in [0.3, 0.4) is 0 Å². The lowest BCUT2D eigenvalue weighted by atomic mass is 10.3. The third-order valence-electron chi connectivity index (χ3n) is 2.88. The van der Waals surface area contributed by atoms with Gasteiger partial charge in [0.15, 0.2) is 6.29 Å². The minimum absolute atomic E-state index is 0.209. The van der Waals surface area contributed by atoms with Crippen molar-refractivity contribution in [2.24, 2.45) is 0 Å². The minimum Gasteiger partial charge on any atom is -0.437 e. The number of carbonyl (C=O) groups is 1. The predicted molar refractivity (Wildman–Crippen MR) is 75.4 cm³/mol. The van der Waals surface area contributed by atoms with Crippen molar-refractivity contribution >= 4 is 6.29 Å². The summed E-state index contributed by atoms with van der Waals surface area (Å²) >= 11 is 0. The Bertz CT molecular complexity index is 752. The Morgan fingerprint density at radius 1 is 1.05 bits per heavy atom. The maximum Gasteiger partial charge on any atom is 0.249 e. The van der Waals surface area contributed by atoms with Crippen LogP contribution in [0.25, 0.3) is 5.69 Å². The molecular formula is C16H11FN2O2. The van der Waals surface area contributed by atoms with Gasteiger partial charge in [-0.15, -0.1) is 5.10 Å². The minimum atomic E-state index is -0.331. The molecule has 0 aliphatic heterocycles. The van der Waals surface area contributed by atoms with E-state index < -0.39 is 0 Å². The molecule has 1 aromatic heterocycles. The number of para-hydroxylation sites is 1. The van der Waals surface area contributed by atoms with Crippen molar-refractivity contribution in [1.82, 2.24) is 9.78 Å². The smallest absolute Gasteiger partial charge is 0.249 e. The van der Waals surface area contributed by atoms with Crippen LogP contribution < -0.4 is 4.74 Å². The number of hydrogen-bond donors (Lipinski definition) is 0. The summed E-state index contributed by atoms with van der Waals surface area (Å²) in [6, 6.07) is 14.9. The summed E-state index contributed by atoms with van der Waals surface area (Å²) in [5, 5.41) is 4.22. The van der Waals surface area contributed by atoms with Gasteiger partial charge in [-0.2, -0.15) is 0 Å². The zero-order chi connectivity index (χ0) is 14.7. The molecule has 3 rings (SSSR count). The number of halogens is 1. The Morgan fingerprint density at radius 2 is 1.76 bits per heavy atom. The quantitative estimate of drug-likeness (QED) is 0.686. The van der Waals surface area contributed by atoms with Crippen LogP contribution in [-0.4, -0.2) is 16.1 Å². The van der Waals surface area contributed by atoms with Crippen LogP contribution in [0.1, 0.15) is 10.4 Å². The zero-order valence-corrected chi connectivity index (χ0v) is 10.9. The van der Waals surface area contributed by atoms with Crippen LogP contribution >= 0.6 is 0 Å². The van der Waals surface area contributed by atoms with E-state index in [4.69, 9.17) is 4.74 Å². The lowest BCUT2D eigenvalue weighted by Crippen LogP contribution is -1.95. The van der Waals surface area contributed by atoms with Gasteiger partial charge < -0.3 is 4.74 Å². The van der Waals surface area contributed by atoms with Crippen LogP contribution in [0.2, 0.25) is 0 Å². The van der Waals surface area contributed by atoms with Crippen molar-refractivity contribution in [3.8, 4) is 17.3 Å². The van der Waals surface area contributed by atoms with Gasteiger partial charge in [-0.25, -0.2) is 9.07 Å². The first kappa shape index (κ1) is 13.1. The third-order valence-corrected chi connectivity index (χ3v) is 2.88. The maximum atomic E-state index is 12.9. The van der Waals surface area contributed by atoms with Crippen molar-refractivity contribution in [2.75, 3.05) is 0 Å². The van der Waals surface area contributed by atoms with Crippen LogP contribution in [0.5, 0.6) is 11.6 Å². The average Bonchev–Trinajstić information content (AvgIpc) is 2.92. The number of carbonyl (C=O) groups excluding carboxylic acids is 1. The van der Waals surface area contributed by atoms with E-state index in [1.165, 1.54) is 16.8 Å². The summed E-state index contributed by atoms with van der Waals surface area (Å²) in [7, 11) is 0. The SMILES string of the molecule is O=Cc1cn(-c2ccc(F)cc2)nc1Oc1ccccc1. The highest BCUT2D eigenvalue weighted by Gasteiger charge is 2.11. The number of nitrogens with zero attached hydrogens (tertiary/aromatic N) is 2. The van der Waals surface area contributed by atoms with E-state index in [1.54, 1.807) is 30.5 Å². The molecule has 0 aliphatic carbocycles. The van der Waals surface area contributed by atoms with Gasteiger partial charge in [0.05, 0.1) is 11.3 Å². The maximum absolute atomic E-state index is 12.9. The number of rotatable bonds is 4. The predicted octanol–water partition coefficient (Wildman–Crippen LogP) is 3.62. The van der Waals surface area contributed by atoms with Gasteiger partial charge in [-0.05, 0) is 36.4 Å². The lowest BCUT2D eigenvalue weighted by molar-refractivity contribution is 0.112. The first-order valence-electron chi connectivity index (χ1n) is 6.30. The van der Waals surface area contributed by atoms with E-state index in [1.807, 2.05) is 18.2 Å². The van der Waals surface area contributed by atoms with Crippen molar-refractivity contribution < 1.29 is 13.9 Å². The van der Waals surface area contributed by atoms with Crippen LogP contribution in [0.15, 0.2) is 60.8 Å². The Morgan fingerprint density at radius 3 is 2.43 bits per heavy atom. The molecule has 0 amide bonds. The molecule has 0 saturated heterocycles. The first-order valence-corrected chi connectivity index (χ1v) is 6.30. The number of benzene rings is 2. The lowest BCUT2D eigenvalue weighted by Gasteiger charge is -2.02. The molecule has 0 atom stereocenters. The molecule has 0 unspecified atom stereocenters. The topological polar surface area (TPSA) is 44.1 Å². The van der Waals surface area contributed by atoms with E-state index in [0.29, 0.717) is 23.3 Å². The van der Waals surface area contributed by atoms with Gasteiger partial charge in [-0.1, -0.05) is 18.2 Å². The fraction of sp³-hybridized carbons (Fsp3) is 0. The van der Waals surface area contributed by atoms with Crippen molar-refractivity contribution in [3.05, 3.63) is 72.2 Å². The Balaban J connectivity index is 1.94. The third kappa shape index (κ3) is 2.81. The molecule has 1 heterocycles. The molecule has 0 spiro atoms. The molecule has 2 aromatic carbocycles. The van der Waals surface area contributed by atoms with E-state index >= 15 is 0 Å². The van der Waals surface area contributed by atoms with Gasteiger partial charge in [0, 0.05) is 6.20 Å². The highest BCUT2D eigenvalue weighted by Crippen LogP contribution is 2.23. The highest BCUT2D eigenvalue weighted by atomic mass is 19.1. The molecule has 21 heavy (non-hydrogen) atoms. The van der Waals surface area contributed by atoms with Crippen LogP contribution in [0.4, 0.5) is 4.39 Å². The number of ether oxygens (including phenoxy) is 1. The zero-order valence-electron chi connectivity index (χ0n) is 10.9. The number of hydrogen-bond acceptors (Lipinski definition) is 3. The van der Waals surface area contributed by atoms with Gasteiger partial charge in [-0.3, -0.25) is 4.79 Å². The Hall–Kier alpha value is -2.95. The molecule has 0 saturated carbocycles. The standard InChI is InChI=1S/C16H11FN2O2/c17-13-6-8-14(9-7-13)19-10-12(11-20)16(18-19)21-15-4-2-1-3-5-15/h1-11H. The summed E-state index contributed by atoms with van der Waals surface area (Å²) in [6.45, 7) is 0. The number of aldehydes is 1. The fourth-order valence-corrected chi connectivity index (χ4v) is 1.86. The molecule has 0 bridgehead atoms. The van der Waals surface area contributed by atoms with Gasteiger partial charge >= 0.3 is 0 Å². The molecule has 3 aromatic rings. The molecule has 104 valence electrons. The van der Waals surface area contributed by atoms with Gasteiger partial charge in [0.25, 0.3) is 0 Å². The van der Waals surface area contributed by atoms with E-state index in [-0.39, 0.29) is 11.7 Å². The second kappa shape index (κ2) is 5.58. The molecule has 5 heteroatoms. The summed E-state index contributed by atoms with van der Waals surface area (Å²) in [4.78, 5) is 11.1. The van der Waals surface area contributed by atoms with Crippen molar-refractivity contribution in [2.45, 2.75) is 0 Å². The molecule has 0 N–H and O–H groups in total. The molecule has 0 radical (unpaired) electrons. The van der Waals surface area contributed by atoms with Gasteiger partial charge in [0.1, 0.15) is 11.6 Å². The second-order valence-corrected chi connectivity index (χ2v) is 4.34. The molecule has 0 aliphatic rings. The van der Waals surface area contributed by atoms with Crippen LogP contribution in [0, 0.1) is 5.82 Å². The average molecular weight is 282 g/mol. The largest absolute Gasteiger partial charge is 0.437 e. The monoisotopic (exact) mass is 282 g/mol. The van der Waals surface area contributed by atoms with E-state index in [0.717, 1.165) is 0 Å². The Kier molecular flexibility index (Phi) is 3.47. The second-order valence-electron chi connectivity index (χ2n) is 4.34. The van der Waals surface area contributed by atoms with Crippen molar-refractivity contribution in [1.29, 1.82) is 0 Å².